The highest BCUT2D eigenvalue weighted by Gasteiger charge is 2.43. The number of amides is 2. The predicted molar refractivity (Wildman–Crippen MR) is 202 cm³/mol. The lowest BCUT2D eigenvalue weighted by Gasteiger charge is -2.29. The zero-order valence-corrected chi connectivity index (χ0v) is 31.0. The second-order valence-electron chi connectivity index (χ2n) is 12.6. The largest absolute Gasteiger partial charge is 0.372 e. The number of carbonyl (C=O) groups is 3. The van der Waals surface area contributed by atoms with Gasteiger partial charge in [0.2, 0.25) is 27.6 Å². The number of halogens is 1. The number of thiazole rings is 1. The van der Waals surface area contributed by atoms with E-state index in [1.807, 2.05) is 60.7 Å². The molecule has 0 aliphatic carbocycles. The van der Waals surface area contributed by atoms with Gasteiger partial charge in [0.25, 0.3) is 0 Å². The second-order valence-corrected chi connectivity index (χ2v) is 15.9. The lowest BCUT2D eigenvalue weighted by atomic mass is 10.0. The molecule has 1 aliphatic rings. The topological polar surface area (TPSA) is 199 Å². The van der Waals surface area contributed by atoms with Gasteiger partial charge in [-0.15, -0.1) is 11.3 Å². The number of aliphatic imine (C=N–C) groups is 1. The van der Waals surface area contributed by atoms with Crippen molar-refractivity contribution in [3.8, 4) is 0 Å². The first-order chi connectivity index (χ1) is 24.9. The van der Waals surface area contributed by atoms with Crippen LogP contribution in [0.4, 0.5) is 0 Å². The molecule has 1 aliphatic heterocycles. The molecule has 2 amide bonds. The number of hydrogen-bond acceptors (Lipinski definition) is 9. The van der Waals surface area contributed by atoms with E-state index in [2.05, 4.69) is 20.0 Å². The van der Waals surface area contributed by atoms with Gasteiger partial charge in [-0.05, 0) is 61.1 Å². The highest BCUT2D eigenvalue weighted by molar-refractivity contribution is 7.88. The summed E-state index contributed by atoms with van der Waals surface area (Å²) in [5, 5.41) is 3.69. The Balaban J connectivity index is 1.40. The van der Waals surface area contributed by atoms with Gasteiger partial charge in [-0.25, -0.2) is 18.1 Å². The van der Waals surface area contributed by atoms with Gasteiger partial charge in [-0.1, -0.05) is 66.2 Å². The van der Waals surface area contributed by atoms with E-state index >= 15 is 0 Å². The minimum atomic E-state index is -3.81. The minimum absolute atomic E-state index is 0.0266. The van der Waals surface area contributed by atoms with Gasteiger partial charge in [-0.3, -0.25) is 19.4 Å². The molecule has 0 unspecified atom stereocenters. The van der Waals surface area contributed by atoms with E-state index in [0.717, 1.165) is 22.1 Å². The molecule has 5 rings (SSSR count). The van der Waals surface area contributed by atoms with E-state index in [1.54, 1.807) is 18.2 Å². The maximum absolute atomic E-state index is 14.3. The van der Waals surface area contributed by atoms with Crippen LogP contribution >= 0.6 is 22.9 Å². The fourth-order valence-electron chi connectivity index (χ4n) is 6.02. The number of nitrogens with one attached hydrogen (secondary N) is 2. The molecule has 0 spiro atoms. The van der Waals surface area contributed by atoms with Crippen molar-refractivity contribution in [2.75, 3.05) is 19.3 Å². The molecule has 0 saturated carbocycles. The van der Waals surface area contributed by atoms with Crippen LogP contribution in [0.3, 0.4) is 0 Å². The van der Waals surface area contributed by atoms with E-state index in [0.29, 0.717) is 23.4 Å². The Labute approximate surface area is 311 Å². The summed E-state index contributed by atoms with van der Waals surface area (Å²) < 4.78 is 34.4. The second kappa shape index (κ2) is 17.9. The Morgan fingerprint density at radius 3 is 2.40 bits per heavy atom. The van der Waals surface area contributed by atoms with E-state index in [1.165, 1.54) is 16.2 Å². The lowest BCUT2D eigenvalue weighted by molar-refractivity contribution is -0.140. The van der Waals surface area contributed by atoms with Crippen LogP contribution in [-0.4, -0.2) is 85.4 Å². The maximum Gasteiger partial charge on any atom is 0.243 e. The zero-order chi connectivity index (χ0) is 37.3. The van der Waals surface area contributed by atoms with Crippen molar-refractivity contribution in [3.05, 3.63) is 100 Å². The molecule has 3 aromatic carbocycles. The number of benzene rings is 3. The Bertz CT molecular complexity index is 1960. The first-order valence-corrected chi connectivity index (χ1v) is 19.9. The summed E-state index contributed by atoms with van der Waals surface area (Å²) in [6.07, 6.45) is 1.68. The van der Waals surface area contributed by atoms with Gasteiger partial charge < -0.3 is 26.4 Å². The van der Waals surface area contributed by atoms with Crippen molar-refractivity contribution in [2.24, 2.45) is 16.5 Å². The Morgan fingerprint density at radius 1 is 1.00 bits per heavy atom. The number of aryl methyl sites for hydroxylation is 1. The van der Waals surface area contributed by atoms with E-state index in [9.17, 15) is 22.8 Å². The number of rotatable bonds is 17. The van der Waals surface area contributed by atoms with E-state index < -0.39 is 46.1 Å². The van der Waals surface area contributed by atoms with Crippen molar-refractivity contribution in [3.63, 3.8) is 0 Å². The molecular formula is C36H42ClN7O6S2. The number of fused-ring (bicyclic) bond motifs is 1. The predicted octanol–water partition coefficient (Wildman–Crippen LogP) is 3.41. The van der Waals surface area contributed by atoms with Gasteiger partial charge in [0.15, 0.2) is 11.0 Å². The number of ketones is 1. The summed E-state index contributed by atoms with van der Waals surface area (Å²) >= 11 is 7.26. The molecule has 1 fully saturated rings. The summed E-state index contributed by atoms with van der Waals surface area (Å²) in [4.78, 5) is 52.2. The average molecular weight is 768 g/mol. The summed E-state index contributed by atoms with van der Waals surface area (Å²) in [5.41, 5.74) is 13.4. The molecule has 2 heterocycles. The smallest absolute Gasteiger partial charge is 0.243 e. The molecule has 16 heteroatoms. The number of Topliss-reactive ketones (excluding diaryl/α,β-unsaturated/α-hetero) is 1. The Kier molecular flexibility index (Phi) is 13.3. The standard InChI is InChI=1S/C36H42ClN7O6S2/c1-52(48,49)43-29(18-15-23-8-3-2-4-9-23)35(47)44-21-26(50-22-24-13-16-25(37)17-14-24)20-30(44)33(46)41-28(11-7-19-40-36(38)39)32(45)34-42-27-10-5-6-12-31(27)51-34/h2-6,8-10,12-14,16-17,26,28-30,43H,7,11,15,18-22H2,1H3,(H,41,46)(H4,38,39,40)/t26-,28+,29-,30+/m1/s1. The molecule has 276 valence electrons. The SMILES string of the molecule is CS(=O)(=O)N[C@H](CCc1ccccc1)C(=O)N1C[C@H](OCc2ccc(Cl)cc2)C[C@H]1C(=O)N[C@@H](CCCN=C(N)N)C(=O)c1nc2ccccc2s1. The summed E-state index contributed by atoms with van der Waals surface area (Å²) in [6.45, 7) is 0.455. The maximum atomic E-state index is 14.3. The molecule has 6 N–H and O–H groups in total. The number of carbonyl (C=O) groups excluding carboxylic acids is 3. The molecule has 13 nitrogen and oxygen atoms in total. The van der Waals surface area contributed by atoms with Crippen LogP contribution in [0.5, 0.6) is 0 Å². The number of para-hydroxylation sites is 1. The van der Waals surface area contributed by atoms with Crippen LogP contribution in [0.1, 0.15) is 46.6 Å². The number of sulfonamides is 1. The van der Waals surface area contributed by atoms with Crippen molar-refractivity contribution in [2.45, 2.75) is 62.9 Å². The van der Waals surface area contributed by atoms with Gasteiger partial charge in [0.1, 0.15) is 12.1 Å². The van der Waals surface area contributed by atoms with Crippen molar-refractivity contribution in [1.29, 1.82) is 0 Å². The van der Waals surface area contributed by atoms with Crippen LogP contribution in [0, 0.1) is 0 Å². The fourth-order valence-corrected chi connectivity index (χ4v) is 7.84. The summed E-state index contributed by atoms with van der Waals surface area (Å²) in [6, 6.07) is 20.6. The molecule has 1 aromatic heterocycles. The molecule has 4 atom stereocenters. The third kappa shape index (κ3) is 11.0. The van der Waals surface area contributed by atoms with Crippen LogP contribution < -0.4 is 21.5 Å². The number of guanidine groups is 1. The molecule has 0 radical (unpaired) electrons. The third-order valence-electron chi connectivity index (χ3n) is 8.55. The number of nitrogens with two attached hydrogens (primary N) is 2. The lowest BCUT2D eigenvalue weighted by Crippen LogP contribution is -2.55. The highest BCUT2D eigenvalue weighted by Crippen LogP contribution is 2.26. The van der Waals surface area contributed by atoms with Crippen LogP contribution in [-0.2, 0) is 37.4 Å². The van der Waals surface area contributed by atoms with Gasteiger partial charge in [-0.2, -0.15) is 0 Å². The van der Waals surface area contributed by atoms with Crippen molar-refractivity contribution < 1.29 is 27.5 Å². The summed E-state index contributed by atoms with van der Waals surface area (Å²) in [5.74, 6) is -1.62. The van der Waals surface area contributed by atoms with E-state index in [4.69, 9.17) is 27.8 Å². The summed E-state index contributed by atoms with van der Waals surface area (Å²) in [7, 11) is -3.81. The Hall–Kier alpha value is -4.41. The van der Waals surface area contributed by atoms with E-state index in [-0.39, 0.29) is 55.7 Å². The third-order valence-corrected chi connectivity index (χ3v) is 10.6. The number of ether oxygens (including phenoxy) is 1. The minimum Gasteiger partial charge on any atom is -0.372 e. The number of hydrogen-bond donors (Lipinski definition) is 4. The highest BCUT2D eigenvalue weighted by atomic mass is 35.5. The number of nitrogens with zero attached hydrogens (tertiary/aromatic N) is 3. The molecule has 4 aromatic rings. The number of likely N-dealkylation sites (tertiary alicyclic amines) is 1. The molecule has 1 saturated heterocycles. The van der Waals surface area contributed by atoms with Gasteiger partial charge in [0.05, 0.1) is 35.2 Å². The Morgan fingerprint density at radius 2 is 1.71 bits per heavy atom. The van der Waals surface area contributed by atoms with Crippen LogP contribution in [0.15, 0.2) is 83.9 Å². The zero-order valence-electron chi connectivity index (χ0n) is 28.6. The number of aromatic nitrogens is 1. The fraction of sp³-hybridized carbons (Fsp3) is 0.361. The average Bonchev–Trinajstić information content (AvgIpc) is 3.75. The quantitative estimate of drug-likeness (QED) is 0.0538. The monoisotopic (exact) mass is 767 g/mol. The normalized spacial score (nSPS) is 17.1. The van der Waals surface area contributed by atoms with Crippen molar-refractivity contribution >= 4 is 66.7 Å². The van der Waals surface area contributed by atoms with Gasteiger partial charge >= 0.3 is 0 Å². The van der Waals surface area contributed by atoms with Crippen molar-refractivity contribution in [1.82, 2.24) is 19.9 Å². The van der Waals surface area contributed by atoms with Crippen LogP contribution in [0.2, 0.25) is 5.02 Å². The van der Waals surface area contributed by atoms with Gasteiger partial charge in [0, 0.05) is 24.5 Å². The molecular weight excluding hydrogens is 726 g/mol. The molecule has 52 heavy (non-hydrogen) atoms. The first kappa shape index (κ1) is 38.8. The van der Waals surface area contributed by atoms with Crippen LogP contribution in [0.25, 0.3) is 10.2 Å². The molecule has 0 bridgehead atoms. The first-order valence-electron chi connectivity index (χ1n) is 16.8.